The van der Waals surface area contributed by atoms with Crippen LogP contribution in [-0.4, -0.2) is 29.1 Å². The van der Waals surface area contributed by atoms with Gasteiger partial charge in [-0.05, 0) is 70.9 Å². The van der Waals surface area contributed by atoms with Crippen molar-refractivity contribution >= 4 is 45.7 Å². The molecule has 0 N–H and O–H groups in total. The fourth-order valence-electron chi connectivity index (χ4n) is 4.10. The number of carbonyl (C=O) groups excluding carboxylic acids is 3. The lowest BCUT2D eigenvalue weighted by Crippen LogP contribution is -2.27. The van der Waals surface area contributed by atoms with Gasteiger partial charge >= 0.3 is 5.97 Å². The predicted molar refractivity (Wildman–Crippen MR) is 145 cm³/mol. The lowest BCUT2D eigenvalue weighted by Gasteiger charge is -2.14. The Bertz CT molecular complexity index is 1550. The van der Waals surface area contributed by atoms with E-state index in [-0.39, 0.29) is 23.4 Å². The average molecular weight is 510 g/mol. The van der Waals surface area contributed by atoms with Crippen LogP contribution in [0.25, 0.3) is 16.8 Å². The fourth-order valence-corrected chi connectivity index (χ4v) is 4.94. The normalized spacial score (nSPS) is 14.4. The van der Waals surface area contributed by atoms with Crippen molar-refractivity contribution < 1.29 is 23.9 Å². The van der Waals surface area contributed by atoms with Gasteiger partial charge in [-0.1, -0.05) is 66.2 Å². The second-order valence-electron chi connectivity index (χ2n) is 8.57. The van der Waals surface area contributed by atoms with E-state index in [2.05, 4.69) is 0 Å². The highest BCUT2D eigenvalue weighted by atomic mass is 32.2. The van der Waals surface area contributed by atoms with Gasteiger partial charge in [0.1, 0.15) is 0 Å². The van der Waals surface area contributed by atoms with Crippen LogP contribution in [0.2, 0.25) is 0 Å². The van der Waals surface area contributed by atoms with E-state index in [0.717, 1.165) is 33.7 Å². The van der Waals surface area contributed by atoms with Gasteiger partial charge in [-0.25, -0.2) is 4.79 Å². The third kappa shape index (κ3) is 5.13. The molecule has 1 aliphatic heterocycles. The maximum absolute atomic E-state index is 13.2. The van der Waals surface area contributed by atoms with Gasteiger partial charge in [0.25, 0.3) is 11.1 Å². The van der Waals surface area contributed by atoms with Crippen molar-refractivity contribution in [2.24, 2.45) is 0 Å². The number of fused-ring (bicyclic) bond motifs is 1. The molecule has 0 unspecified atom stereocenters. The molecular formula is C30H23NO5S. The molecule has 4 aromatic carbocycles. The highest BCUT2D eigenvalue weighted by molar-refractivity contribution is 8.18. The van der Waals surface area contributed by atoms with E-state index in [1.54, 1.807) is 36.4 Å². The van der Waals surface area contributed by atoms with E-state index in [4.69, 9.17) is 9.47 Å². The summed E-state index contributed by atoms with van der Waals surface area (Å²) in [5.41, 5.74) is 2.94. The zero-order chi connectivity index (χ0) is 25.9. The molecule has 184 valence electrons. The molecule has 0 bridgehead atoms. The summed E-state index contributed by atoms with van der Waals surface area (Å²) < 4.78 is 10.9. The lowest BCUT2D eigenvalue weighted by atomic mass is 10.0. The molecule has 1 fully saturated rings. The minimum absolute atomic E-state index is 0.186. The maximum Gasteiger partial charge on any atom is 0.343 e. The van der Waals surface area contributed by atoms with Gasteiger partial charge in [0.2, 0.25) is 0 Å². The highest BCUT2D eigenvalue weighted by Crippen LogP contribution is 2.36. The van der Waals surface area contributed by atoms with Crippen LogP contribution in [-0.2, 0) is 11.3 Å². The van der Waals surface area contributed by atoms with E-state index in [1.165, 1.54) is 12.0 Å². The van der Waals surface area contributed by atoms with Crippen molar-refractivity contribution in [1.82, 2.24) is 4.90 Å². The number of methoxy groups -OCH3 is 1. The summed E-state index contributed by atoms with van der Waals surface area (Å²) in [7, 11) is 1.48. The molecule has 2 amide bonds. The minimum Gasteiger partial charge on any atom is -0.493 e. The van der Waals surface area contributed by atoms with E-state index >= 15 is 0 Å². The van der Waals surface area contributed by atoms with Crippen LogP contribution >= 0.6 is 11.8 Å². The zero-order valence-electron chi connectivity index (χ0n) is 20.3. The third-order valence-electron chi connectivity index (χ3n) is 6.06. The molecule has 0 spiro atoms. The Labute approximate surface area is 218 Å². The number of aryl methyl sites for hydroxylation is 1. The van der Waals surface area contributed by atoms with Gasteiger partial charge < -0.3 is 9.47 Å². The number of nitrogens with zero attached hydrogens (tertiary/aromatic N) is 1. The van der Waals surface area contributed by atoms with Crippen LogP contribution in [0.15, 0.2) is 89.8 Å². The molecule has 0 radical (unpaired) electrons. The highest BCUT2D eigenvalue weighted by Gasteiger charge is 2.35. The summed E-state index contributed by atoms with van der Waals surface area (Å²) in [6.45, 7) is 2.12. The second kappa shape index (κ2) is 10.3. The molecule has 37 heavy (non-hydrogen) atoms. The molecule has 6 nitrogen and oxygen atoms in total. The van der Waals surface area contributed by atoms with Crippen LogP contribution in [0.5, 0.6) is 11.5 Å². The van der Waals surface area contributed by atoms with Crippen molar-refractivity contribution in [1.29, 1.82) is 0 Å². The third-order valence-corrected chi connectivity index (χ3v) is 6.96. The number of benzene rings is 4. The molecule has 1 heterocycles. The van der Waals surface area contributed by atoms with Crippen molar-refractivity contribution in [2.45, 2.75) is 13.5 Å². The summed E-state index contributed by atoms with van der Waals surface area (Å²) in [4.78, 5) is 40.1. The number of thioether (sulfide) groups is 1. The van der Waals surface area contributed by atoms with Crippen molar-refractivity contribution in [3.05, 3.63) is 112 Å². The van der Waals surface area contributed by atoms with Crippen molar-refractivity contribution in [3.63, 3.8) is 0 Å². The summed E-state index contributed by atoms with van der Waals surface area (Å²) in [5.74, 6) is -0.290. The number of imide groups is 1. The van der Waals surface area contributed by atoms with Crippen LogP contribution in [0, 0.1) is 6.92 Å². The predicted octanol–water partition coefficient (Wildman–Crippen LogP) is 6.61. The summed E-state index contributed by atoms with van der Waals surface area (Å²) in [6, 6.07) is 25.8. The fraction of sp³-hybridized carbons (Fsp3) is 0.100. The van der Waals surface area contributed by atoms with Gasteiger partial charge in [0.05, 0.1) is 24.1 Å². The summed E-state index contributed by atoms with van der Waals surface area (Å²) >= 11 is 0.889. The number of hydrogen-bond acceptors (Lipinski definition) is 6. The Balaban J connectivity index is 1.38. The van der Waals surface area contributed by atoms with Gasteiger partial charge in [-0.3, -0.25) is 14.5 Å². The van der Waals surface area contributed by atoms with Crippen LogP contribution in [0.3, 0.4) is 0 Å². The van der Waals surface area contributed by atoms with Crippen LogP contribution < -0.4 is 9.47 Å². The van der Waals surface area contributed by atoms with Crippen molar-refractivity contribution in [2.75, 3.05) is 7.11 Å². The first-order valence-corrected chi connectivity index (χ1v) is 12.4. The quantitative estimate of drug-likeness (QED) is 0.165. The molecule has 0 atom stereocenters. The molecule has 5 rings (SSSR count). The number of rotatable bonds is 6. The Hall–Kier alpha value is -4.36. The Morgan fingerprint density at radius 3 is 2.46 bits per heavy atom. The standard InChI is InChI=1S/C30H23NO5S/c1-19-10-13-22(14-11-19)29(33)36-26-16-20(12-15-25(26)35-2)17-27-28(32)31(30(34)37-27)18-23-8-5-7-21-6-3-4-9-24(21)23/h3-17H,18H2,1-2H3/b27-17-. The molecule has 1 saturated heterocycles. The average Bonchev–Trinajstić information content (AvgIpc) is 3.16. The molecule has 0 saturated carbocycles. The Kier molecular flexibility index (Phi) is 6.79. The van der Waals surface area contributed by atoms with Gasteiger partial charge in [-0.15, -0.1) is 0 Å². The molecule has 7 heteroatoms. The van der Waals surface area contributed by atoms with E-state index < -0.39 is 5.97 Å². The molecule has 1 aliphatic rings. The first-order chi connectivity index (χ1) is 17.9. The Morgan fingerprint density at radius 2 is 1.68 bits per heavy atom. The number of carbonyl (C=O) groups is 3. The summed E-state index contributed by atoms with van der Waals surface area (Å²) in [6.07, 6.45) is 1.62. The van der Waals surface area contributed by atoms with Crippen molar-refractivity contribution in [3.8, 4) is 11.5 Å². The molecule has 0 aliphatic carbocycles. The number of hydrogen-bond donors (Lipinski definition) is 0. The van der Waals surface area contributed by atoms with E-state index in [1.807, 2.05) is 61.5 Å². The maximum atomic E-state index is 13.2. The SMILES string of the molecule is COc1ccc(/C=C2\SC(=O)N(Cc3cccc4ccccc34)C2=O)cc1OC(=O)c1ccc(C)cc1. The monoisotopic (exact) mass is 509 g/mol. The summed E-state index contributed by atoms with van der Waals surface area (Å²) in [5, 5.41) is 1.72. The Morgan fingerprint density at radius 1 is 0.919 bits per heavy atom. The second-order valence-corrected chi connectivity index (χ2v) is 9.57. The number of amides is 2. The number of esters is 1. The van der Waals surface area contributed by atoms with E-state index in [0.29, 0.717) is 21.8 Å². The number of ether oxygens (including phenoxy) is 2. The van der Waals surface area contributed by atoms with Crippen LogP contribution in [0.4, 0.5) is 4.79 Å². The molecule has 4 aromatic rings. The van der Waals surface area contributed by atoms with Gasteiger partial charge in [-0.2, -0.15) is 0 Å². The minimum atomic E-state index is -0.522. The molecular weight excluding hydrogens is 486 g/mol. The van der Waals surface area contributed by atoms with Gasteiger partial charge in [0.15, 0.2) is 11.5 Å². The van der Waals surface area contributed by atoms with Crippen LogP contribution in [0.1, 0.15) is 27.0 Å². The lowest BCUT2D eigenvalue weighted by molar-refractivity contribution is -0.123. The van der Waals surface area contributed by atoms with Gasteiger partial charge in [0, 0.05) is 0 Å². The largest absolute Gasteiger partial charge is 0.493 e. The first kappa shape index (κ1) is 24.3. The van der Waals surface area contributed by atoms with E-state index in [9.17, 15) is 14.4 Å². The molecule has 0 aromatic heterocycles. The topological polar surface area (TPSA) is 72.9 Å². The smallest absolute Gasteiger partial charge is 0.343 e. The first-order valence-electron chi connectivity index (χ1n) is 11.6. The zero-order valence-corrected chi connectivity index (χ0v) is 21.1.